The van der Waals surface area contributed by atoms with Gasteiger partial charge in [0.25, 0.3) is 5.91 Å². The highest BCUT2D eigenvalue weighted by atomic mass is 16.5. The number of carbonyl (C=O) groups is 2. The minimum atomic E-state index is -0.932. The number of amides is 1. The molecule has 2 fully saturated rings. The third-order valence-electron chi connectivity index (χ3n) is 6.06. The van der Waals surface area contributed by atoms with Gasteiger partial charge in [-0.15, -0.1) is 0 Å². The molecule has 2 saturated heterocycles. The summed E-state index contributed by atoms with van der Waals surface area (Å²) in [7, 11) is 0. The molecule has 26 heavy (non-hydrogen) atoms. The van der Waals surface area contributed by atoms with Crippen molar-refractivity contribution in [3.8, 4) is 0 Å². The van der Waals surface area contributed by atoms with Gasteiger partial charge in [-0.3, -0.25) is 9.59 Å². The molecule has 0 unspecified atom stereocenters. The first-order valence-electron chi connectivity index (χ1n) is 9.38. The lowest BCUT2D eigenvalue weighted by atomic mass is 9.80. The number of likely N-dealkylation sites (tertiary alicyclic amines) is 1. The number of ketones is 1. The lowest BCUT2D eigenvalue weighted by molar-refractivity contribution is -0.212. The average Bonchev–Trinajstić information content (AvgIpc) is 2.97. The Morgan fingerprint density at radius 3 is 2.69 bits per heavy atom. The minimum absolute atomic E-state index is 0.0194. The Hall–Kier alpha value is -1.70. The number of ether oxygens (including phenoxy) is 1. The standard InChI is InChI=1S/C19H25NO6/c1-11-15(16-12(21)3-2-4-14(16)26-11)18(24)20-8-6-19(7-9-20)17(23)13(22)5-10-25-19/h13,17,22-23H,2-10H2,1H3/t13-,17-/m0/s1. The van der Waals surface area contributed by atoms with Gasteiger partial charge in [-0.1, -0.05) is 0 Å². The molecule has 142 valence electrons. The number of aliphatic hydroxyl groups excluding tert-OH is 2. The quantitative estimate of drug-likeness (QED) is 0.778. The second kappa shape index (κ2) is 6.48. The molecule has 0 radical (unpaired) electrons. The van der Waals surface area contributed by atoms with Gasteiger partial charge < -0.3 is 24.3 Å². The van der Waals surface area contributed by atoms with Crippen molar-refractivity contribution < 1.29 is 29.0 Å². The fourth-order valence-corrected chi connectivity index (χ4v) is 4.53. The highest BCUT2D eigenvalue weighted by Gasteiger charge is 2.48. The molecule has 7 nitrogen and oxygen atoms in total. The van der Waals surface area contributed by atoms with Gasteiger partial charge in [-0.25, -0.2) is 0 Å². The molecule has 3 heterocycles. The Labute approximate surface area is 151 Å². The predicted molar refractivity (Wildman–Crippen MR) is 91.2 cm³/mol. The van der Waals surface area contributed by atoms with E-state index in [4.69, 9.17) is 9.15 Å². The highest BCUT2D eigenvalue weighted by Crippen LogP contribution is 2.37. The second-order valence-electron chi connectivity index (χ2n) is 7.61. The molecule has 1 aromatic heterocycles. The van der Waals surface area contributed by atoms with Gasteiger partial charge in [0.15, 0.2) is 5.78 Å². The van der Waals surface area contributed by atoms with Crippen LogP contribution in [-0.2, 0) is 11.2 Å². The number of nitrogens with zero attached hydrogens (tertiary/aromatic N) is 1. The summed E-state index contributed by atoms with van der Waals surface area (Å²) in [6.07, 6.45) is 1.53. The zero-order valence-corrected chi connectivity index (χ0v) is 15.0. The first kappa shape index (κ1) is 17.7. The number of hydrogen-bond acceptors (Lipinski definition) is 6. The van der Waals surface area contributed by atoms with E-state index in [2.05, 4.69) is 0 Å². The molecule has 2 aliphatic heterocycles. The molecule has 0 bridgehead atoms. The number of fused-ring (bicyclic) bond motifs is 1. The number of furan rings is 1. The maximum absolute atomic E-state index is 13.1. The lowest BCUT2D eigenvalue weighted by Gasteiger charge is -2.48. The first-order chi connectivity index (χ1) is 12.4. The fraction of sp³-hybridized carbons (Fsp3) is 0.684. The van der Waals surface area contributed by atoms with E-state index in [0.29, 0.717) is 74.4 Å². The number of piperidine rings is 1. The zero-order chi connectivity index (χ0) is 18.5. The van der Waals surface area contributed by atoms with Crippen LogP contribution in [0.15, 0.2) is 4.42 Å². The zero-order valence-electron chi connectivity index (χ0n) is 15.0. The summed E-state index contributed by atoms with van der Waals surface area (Å²) < 4.78 is 11.5. The van der Waals surface area contributed by atoms with Gasteiger partial charge in [0.2, 0.25) is 0 Å². The maximum Gasteiger partial charge on any atom is 0.258 e. The molecule has 1 aromatic rings. The van der Waals surface area contributed by atoms with E-state index in [1.54, 1.807) is 11.8 Å². The highest BCUT2D eigenvalue weighted by molar-refractivity contribution is 6.10. The average molecular weight is 363 g/mol. The Morgan fingerprint density at radius 2 is 1.96 bits per heavy atom. The molecule has 0 saturated carbocycles. The molecule has 4 rings (SSSR count). The smallest absolute Gasteiger partial charge is 0.258 e. The van der Waals surface area contributed by atoms with E-state index in [0.717, 1.165) is 6.42 Å². The fourth-order valence-electron chi connectivity index (χ4n) is 4.53. The molecule has 3 aliphatic rings. The molecule has 0 aromatic carbocycles. The normalized spacial score (nSPS) is 28.3. The summed E-state index contributed by atoms with van der Waals surface area (Å²) in [5.41, 5.74) is 0.0731. The van der Waals surface area contributed by atoms with E-state index in [1.165, 1.54) is 0 Å². The third kappa shape index (κ3) is 2.69. The summed E-state index contributed by atoms with van der Waals surface area (Å²) in [6.45, 7) is 2.97. The molecular formula is C19H25NO6. The van der Waals surface area contributed by atoms with Crippen molar-refractivity contribution in [1.82, 2.24) is 4.90 Å². The topological polar surface area (TPSA) is 100 Å². The van der Waals surface area contributed by atoms with Crippen molar-refractivity contribution in [2.24, 2.45) is 0 Å². The largest absolute Gasteiger partial charge is 0.465 e. The first-order valence-corrected chi connectivity index (χ1v) is 9.38. The van der Waals surface area contributed by atoms with Crippen LogP contribution in [0.3, 0.4) is 0 Å². The summed E-state index contributed by atoms with van der Waals surface area (Å²) in [6, 6.07) is 0. The van der Waals surface area contributed by atoms with Gasteiger partial charge in [0, 0.05) is 25.9 Å². The van der Waals surface area contributed by atoms with E-state index in [-0.39, 0.29) is 11.7 Å². The van der Waals surface area contributed by atoms with E-state index in [9.17, 15) is 19.8 Å². The van der Waals surface area contributed by atoms with Crippen LogP contribution in [0.1, 0.15) is 64.3 Å². The molecule has 1 amide bonds. The van der Waals surface area contributed by atoms with Crippen molar-refractivity contribution in [1.29, 1.82) is 0 Å². The lowest BCUT2D eigenvalue weighted by Crippen LogP contribution is -2.60. The van der Waals surface area contributed by atoms with Crippen LogP contribution >= 0.6 is 0 Å². The van der Waals surface area contributed by atoms with E-state index >= 15 is 0 Å². The van der Waals surface area contributed by atoms with Crippen molar-refractivity contribution in [3.63, 3.8) is 0 Å². The van der Waals surface area contributed by atoms with Gasteiger partial charge in [-0.05, 0) is 32.6 Å². The van der Waals surface area contributed by atoms with Crippen LogP contribution in [0.2, 0.25) is 0 Å². The summed E-state index contributed by atoms with van der Waals surface area (Å²) in [5.74, 6) is 0.919. The van der Waals surface area contributed by atoms with Crippen LogP contribution in [0.4, 0.5) is 0 Å². The third-order valence-corrected chi connectivity index (χ3v) is 6.06. The van der Waals surface area contributed by atoms with E-state index in [1.807, 2.05) is 0 Å². The second-order valence-corrected chi connectivity index (χ2v) is 7.61. The maximum atomic E-state index is 13.1. The molecule has 1 aliphatic carbocycles. The van der Waals surface area contributed by atoms with E-state index < -0.39 is 17.8 Å². The number of Topliss-reactive ketones (excluding diaryl/α,β-unsaturated/α-hetero) is 1. The Morgan fingerprint density at radius 1 is 1.23 bits per heavy atom. The monoisotopic (exact) mass is 363 g/mol. The number of rotatable bonds is 1. The number of carbonyl (C=O) groups excluding carboxylic acids is 2. The van der Waals surface area contributed by atoms with Crippen LogP contribution in [0.5, 0.6) is 0 Å². The van der Waals surface area contributed by atoms with Gasteiger partial charge in [-0.2, -0.15) is 0 Å². The Balaban J connectivity index is 1.53. The van der Waals surface area contributed by atoms with Gasteiger partial charge in [0.1, 0.15) is 17.6 Å². The van der Waals surface area contributed by atoms with Crippen LogP contribution in [0, 0.1) is 6.92 Å². The molecule has 1 spiro atoms. The molecule has 7 heteroatoms. The molecular weight excluding hydrogens is 338 g/mol. The summed E-state index contributed by atoms with van der Waals surface area (Å²) in [4.78, 5) is 27.1. The summed E-state index contributed by atoms with van der Waals surface area (Å²) in [5, 5.41) is 20.3. The van der Waals surface area contributed by atoms with Crippen molar-refractivity contribution in [3.05, 3.63) is 22.6 Å². The van der Waals surface area contributed by atoms with Gasteiger partial charge >= 0.3 is 0 Å². The Kier molecular flexibility index (Phi) is 4.41. The van der Waals surface area contributed by atoms with Crippen molar-refractivity contribution >= 4 is 11.7 Å². The number of aryl methyl sites for hydroxylation is 2. The number of aliphatic hydroxyl groups is 2. The SMILES string of the molecule is Cc1oc2c(c1C(=O)N1CCC3(CC1)OCC[C@H](O)[C@@H]3O)C(=O)CCC2. The molecule has 2 atom stereocenters. The van der Waals surface area contributed by atoms with Crippen molar-refractivity contribution in [2.75, 3.05) is 19.7 Å². The van der Waals surface area contributed by atoms with Crippen LogP contribution < -0.4 is 0 Å². The summed E-state index contributed by atoms with van der Waals surface area (Å²) >= 11 is 0. The van der Waals surface area contributed by atoms with Crippen LogP contribution in [-0.4, -0.2) is 64.3 Å². The van der Waals surface area contributed by atoms with Crippen LogP contribution in [0.25, 0.3) is 0 Å². The molecule has 2 N–H and O–H groups in total. The predicted octanol–water partition coefficient (Wildman–Crippen LogP) is 1.22. The Bertz CT molecular complexity index is 731. The minimum Gasteiger partial charge on any atom is -0.465 e. The van der Waals surface area contributed by atoms with Crippen molar-refractivity contribution in [2.45, 2.75) is 63.3 Å². The number of hydrogen-bond donors (Lipinski definition) is 2. The van der Waals surface area contributed by atoms with Gasteiger partial charge in [0.05, 0.1) is 29.4 Å².